The van der Waals surface area contributed by atoms with Crippen LogP contribution in [0.25, 0.3) is 0 Å². The van der Waals surface area contributed by atoms with Gasteiger partial charge >= 0.3 is 5.97 Å². The first-order valence-electron chi connectivity index (χ1n) is 6.38. The van der Waals surface area contributed by atoms with E-state index in [-0.39, 0.29) is 11.7 Å². The second-order valence-corrected chi connectivity index (χ2v) is 4.45. The Balaban J connectivity index is 3.23. The first kappa shape index (κ1) is 15.9. The van der Waals surface area contributed by atoms with Crippen molar-refractivity contribution in [2.45, 2.75) is 39.2 Å². The van der Waals surface area contributed by atoms with Gasteiger partial charge in [-0.25, -0.2) is 9.18 Å². The van der Waals surface area contributed by atoms with E-state index in [0.717, 1.165) is 25.3 Å². The third-order valence-electron chi connectivity index (χ3n) is 3.00. The molecule has 0 spiro atoms. The topological polar surface area (TPSA) is 92.5 Å². The van der Waals surface area contributed by atoms with Gasteiger partial charge in [-0.1, -0.05) is 20.3 Å². The first-order chi connectivity index (χ1) is 9.40. The molecule has 7 heteroatoms. The second-order valence-electron chi connectivity index (χ2n) is 4.45. The highest BCUT2D eigenvalue weighted by atomic mass is 19.1. The minimum atomic E-state index is -1.45. The Bertz CT molecular complexity index is 519. The molecule has 0 aliphatic rings. The van der Waals surface area contributed by atoms with Gasteiger partial charge in [-0.05, 0) is 18.9 Å². The smallest absolute Gasteiger partial charge is 0.338 e. The summed E-state index contributed by atoms with van der Waals surface area (Å²) in [6.07, 6.45) is 2.39. The summed E-state index contributed by atoms with van der Waals surface area (Å²) in [6, 6.07) is 1.60. The highest BCUT2D eigenvalue weighted by Crippen LogP contribution is 2.29. The number of aromatic carboxylic acids is 1. The number of hydrogen-bond donors (Lipinski definition) is 2. The van der Waals surface area contributed by atoms with Gasteiger partial charge in [0.25, 0.3) is 5.69 Å². The lowest BCUT2D eigenvalue weighted by Crippen LogP contribution is -2.19. The lowest BCUT2D eigenvalue weighted by molar-refractivity contribution is -0.384. The fraction of sp³-hybridized carbons (Fsp3) is 0.462. The molecule has 0 aliphatic carbocycles. The molecular formula is C13H17FN2O4. The number of carbonyl (C=O) groups is 1. The van der Waals surface area contributed by atoms with Crippen molar-refractivity contribution < 1.29 is 19.2 Å². The monoisotopic (exact) mass is 284 g/mol. The van der Waals surface area contributed by atoms with Crippen molar-refractivity contribution >= 4 is 17.3 Å². The molecule has 0 amide bonds. The van der Waals surface area contributed by atoms with Crippen LogP contribution < -0.4 is 5.32 Å². The molecule has 1 atom stereocenters. The van der Waals surface area contributed by atoms with Gasteiger partial charge in [0.05, 0.1) is 16.6 Å². The maximum Gasteiger partial charge on any atom is 0.338 e. The molecule has 1 aromatic rings. The molecule has 0 saturated heterocycles. The number of hydrogen-bond acceptors (Lipinski definition) is 4. The predicted molar refractivity (Wildman–Crippen MR) is 72.6 cm³/mol. The minimum Gasteiger partial charge on any atom is -0.478 e. The minimum absolute atomic E-state index is 0.0224. The summed E-state index contributed by atoms with van der Waals surface area (Å²) in [5.74, 6) is -2.57. The highest BCUT2D eigenvalue weighted by Gasteiger charge is 2.22. The van der Waals surface area contributed by atoms with Crippen molar-refractivity contribution in [2.24, 2.45) is 0 Å². The van der Waals surface area contributed by atoms with Gasteiger partial charge < -0.3 is 10.4 Å². The number of benzene rings is 1. The van der Waals surface area contributed by atoms with E-state index in [9.17, 15) is 19.3 Å². The van der Waals surface area contributed by atoms with Crippen molar-refractivity contribution in [3.8, 4) is 0 Å². The van der Waals surface area contributed by atoms with E-state index in [1.807, 2.05) is 13.8 Å². The summed E-state index contributed by atoms with van der Waals surface area (Å²) in [4.78, 5) is 21.1. The van der Waals surface area contributed by atoms with Crippen molar-refractivity contribution in [1.82, 2.24) is 0 Å². The zero-order valence-electron chi connectivity index (χ0n) is 11.4. The Morgan fingerprint density at radius 3 is 2.60 bits per heavy atom. The van der Waals surface area contributed by atoms with E-state index >= 15 is 0 Å². The summed E-state index contributed by atoms with van der Waals surface area (Å²) < 4.78 is 13.5. The molecule has 20 heavy (non-hydrogen) atoms. The number of rotatable bonds is 7. The van der Waals surface area contributed by atoms with Gasteiger partial charge in [0.15, 0.2) is 0 Å². The van der Waals surface area contributed by atoms with Gasteiger partial charge in [0.1, 0.15) is 11.5 Å². The Morgan fingerprint density at radius 1 is 1.50 bits per heavy atom. The number of carboxylic acids is 1. The van der Waals surface area contributed by atoms with Crippen LogP contribution in [0.3, 0.4) is 0 Å². The Kier molecular flexibility index (Phi) is 5.42. The largest absolute Gasteiger partial charge is 0.478 e. The van der Waals surface area contributed by atoms with Crippen LogP contribution in [0, 0.1) is 15.9 Å². The molecule has 1 unspecified atom stereocenters. The van der Waals surface area contributed by atoms with E-state index in [0.29, 0.717) is 6.07 Å². The molecule has 110 valence electrons. The van der Waals surface area contributed by atoms with E-state index in [1.54, 1.807) is 0 Å². The van der Waals surface area contributed by atoms with Crippen molar-refractivity contribution in [1.29, 1.82) is 0 Å². The van der Waals surface area contributed by atoms with Crippen molar-refractivity contribution in [3.63, 3.8) is 0 Å². The zero-order chi connectivity index (χ0) is 15.3. The quantitative estimate of drug-likeness (QED) is 0.591. The highest BCUT2D eigenvalue weighted by molar-refractivity contribution is 5.90. The number of nitro benzene ring substituents is 1. The van der Waals surface area contributed by atoms with Crippen molar-refractivity contribution in [3.05, 3.63) is 33.6 Å². The summed E-state index contributed by atoms with van der Waals surface area (Å²) in [5, 5.41) is 22.7. The number of carboxylic acid groups (broad SMARTS) is 1. The molecule has 1 rings (SSSR count). The molecule has 0 aromatic heterocycles. The number of nitro groups is 1. The average molecular weight is 284 g/mol. The van der Waals surface area contributed by atoms with Crippen LogP contribution in [0.15, 0.2) is 12.1 Å². The van der Waals surface area contributed by atoms with Gasteiger partial charge in [-0.15, -0.1) is 0 Å². The third-order valence-corrected chi connectivity index (χ3v) is 3.00. The van der Waals surface area contributed by atoms with Gasteiger partial charge in [0.2, 0.25) is 0 Å². The lowest BCUT2D eigenvalue weighted by Gasteiger charge is -2.17. The lowest BCUT2D eigenvalue weighted by atomic mass is 10.1. The summed E-state index contributed by atoms with van der Waals surface area (Å²) in [7, 11) is 0. The molecular weight excluding hydrogens is 267 g/mol. The van der Waals surface area contributed by atoms with Crippen LogP contribution in [0.5, 0.6) is 0 Å². The van der Waals surface area contributed by atoms with Gasteiger partial charge in [0, 0.05) is 6.04 Å². The number of anilines is 1. The SMILES string of the molecule is CCCC(CC)Nc1cc(C(=O)O)c(F)cc1[N+](=O)[O-]. The molecule has 0 radical (unpaired) electrons. The van der Waals surface area contributed by atoms with Gasteiger partial charge in [-0.3, -0.25) is 10.1 Å². The maximum absolute atomic E-state index is 13.5. The number of nitrogens with one attached hydrogen (secondary N) is 1. The molecule has 1 aromatic carbocycles. The van der Waals surface area contributed by atoms with E-state index < -0.39 is 28.0 Å². The summed E-state index contributed by atoms with van der Waals surface area (Å²) >= 11 is 0. The molecule has 0 saturated carbocycles. The molecule has 0 aliphatic heterocycles. The molecule has 0 bridgehead atoms. The predicted octanol–water partition coefficient (Wildman–Crippen LogP) is 3.42. The van der Waals surface area contributed by atoms with Crippen molar-refractivity contribution in [2.75, 3.05) is 5.32 Å². The Labute approximate surface area is 115 Å². The number of halogens is 1. The summed E-state index contributed by atoms with van der Waals surface area (Å²) in [6.45, 7) is 3.90. The van der Waals surface area contributed by atoms with E-state index in [2.05, 4.69) is 5.32 Å². The fourth-order valence-electron chi connectivity index (χ4n) is 1.94. The zero-order valence-corrected chi connectivity index (χ0v) is 11.4. The standard InChI is InChI=1S/C13H17FN2O4/c1-3-5-8(4-2)15-11-6-9(13(17)18)10(14)7-12(11)16(19)20/h6-8,15H,3-5H2,1-2H3,(H,17,18). The third kappa shape index (κ3) is 3.66. The second kappa shape index (κ2) is 6.83. The Hall–Kier alpha value is -2.18. The van der Waals surface area contributed by atoms with Crippen LogP contribution in [-0.4, -0.2) is 22.0 Å². The number of nitrogens with zero attached hydrogens (tertiary/aromatic N) is 1. The molecule has 0 fully saturated rings. The van der Waals surface area contributed by atoms with Crippen LogP contribution >= 0.6 is 0 Å². The van der Waals surface area contributed by atoms with Crippen LogP contribution in [-0.2, 0) is 0 Å². The summed E-state index contributed by atoms with van der Waals surface area (Å²) in [5.41, 5.74) is -0.999. The van der Waals surface area contributed by atoms with Crippen LogP contribution in [0.4, 0.5) is 15.8 Å². The molecule has 0 heterocycles. The average Bonchev–Trinajstić information content (AvgIpc) is 2.38. The fourth-order valence-corrected chi connectivity index (χ4v) is 1.94. The van der Waals surface area contributed by atoms with Gasteiger partial charge in [-0.2, -0.15) is 0 Å². The van der Waals surface area contributed by atoms with Crippen LogP contribution in [0.1, 0.15) is 43.5 Å². The normalized spacial score (nSPS) is 11.9. The first-order valence-corrected chi connectivity index (χ1v) is 6.38. The Morgan fingerprint density at radius 2 is 2.15 bits per heavy atom. The van der Waals surface area contributed by atoms with Crippen LogP contribution in [0.2, 0.25) is 0 Å². The van der Waals surface area contributed by atoms with E-state index in [1.165, 1.54) is 0 Å². The maximum atomic E-state index is 13.5. The molecule has 6 nitrogen and oxygen atoms in total. The molecule has 2 N–H and O–H groups in total. The van der Waals surface area contributed by atoms with E-state index in [4.69, 9.17) is 5.11 Å².